The predicted octanol–water partition coefficient (Wildman–Crippen LogP) is 2.88. The summed E-state index contributed by atoms with van der Waals surface area (Å²) in [7, 11) is 0. The largest absolute Gasteiger partial charge is 0.311 e. The van der Waals surface area contributed by atoms with Gasteiger partial charge >= 0.3 is 0 Å². The number of hydrogen-bond acceptors (Lipinski definition) is 2. The highest BCUT2D eigenvalue weighted by Crippen LogP contribution is 2.56. The highest BCUT2D eigenvalue weighted by Gasteiger charge is 2.52. The van der Waals surface area contributed by atoms with Crippen LogP contribution in [0, 0.1) is 23.7 Å². The van der Waals surface area contributed by atoms with Gasteiger partial charge < -0.3 is 5.32 Å². The molecule has 0 radical (unpaired) electrons. The standard InChI is InChI=1S/C17H30N2/c1-11-9-19(17(2,3)10-18-11)16-14-5-12-4-13(7-14)8-15(16)6-12/h11-16,18H,4-10H2,1-3H3. The van der Waals surface area contributed by atoms with Crippen LogP contribution in [-0.4, -0.2) is 35.6 Å². The van der Waals surface area contributed by atoms with Crippen LogP contribution in [0.1, 0.15) is 52.9 Å². The van der Waals surface area contributed by atoms with Crippen LogP contribution in [0.25, 0.3) is 0 Å². The SMILES string of the molecule is CC1CN(C2C3CC4CC(C3)CC2C4)C(C)(C)CN1. The number of nitrogens with zero attached hydrogens (tertiary/aromatic N) is 1. The van der Waals surface area contributed by atoms with Crippen molar-refractivity contribution in [3.8, 4) is 0 Å². The highest BCUT2D eigenvalue weighted by atomic mass is 15.3. The van der Waals surface area contributed by atoms with Crippen molar-refractivity contribution >= 4 is 0 Å². The summed E-state index contributed by atoms with van der Waals surface area (Å²) in [6.07, 6.45) is 7.76. The summed E-state index contributed by atoms with van der Waals surface area (Å²) >= 11 is 0. The molecule has 4 aliphatic carbocycles. The summed E-state index contributed by atoms with van der Waals surface area (Å²) in [4.78, 5) is 2.92. The van der Waals surface area contributed by atoms with E-state index in [1.807, 2.05) is 0 Å². The van der Waals surface area contributed by atoms with Crippen LogP contribution in [0.15, 0.2) is 0 Å². The molecule has 0 amide bonds. The van der Waals surface area contributed by atoms with Crippen LogP contribution < -0.4 is 5.32 Å². The molecule has 4 saturated carbocycles. The Balaban J connectivity index is 1.61. The molecule has 1 heterocycles. The smallest absolute Gasteiger partial charge is 0.0281 e. The second-order valence-corrected chi connectivity index (χ2v) is 8.67. The summed E-state index contributed by atoms with van der Waals surface area (Å²) in [6.45, 7) is 9.70. The van der Waals surface area contributed by atoms with Crippen molar-refractivity contribution in [1.82, 2.24) is 10.2 Å². The Labute approximate surface area is 118 Å². The first-order valence-corrected chi connectivity index (χ1v) is 8.53. The van der Waals surface area contributed by atoms with Crippen molar-refractivity contribution in [3.05, 3.63) is 0 Å². The molecule has 1 N–H and O–H groups in total. The molecule has 2 nitrogen and oxygen atoms in total. The lowest BCUT2D eigenvalue weighted by molar-refractivity contribution is -0.106. The lowest BCUT2D eigenvalue weighted by atomic mass is 9.53. The molecule has 19 heavy (non-hydrogen) atoms. The fourth-order valence-electron chi connectivity index (χ4n) is 6.06. The fourth-order valence-corrected chi connectivity index (χ4v) is 6.06. The molecule has 0 aromatic heterocycles. The first-order chi connectivity index (χ1) is 9.03. The first-order valence-electron chi connectivity index (χ1n) is 8.53. The molecule has 0 spiro atoms. The molecule has 1 atom stereocenters. The third kappa shape index (κ3) is 1.98. The van der Waals surface area contributed by atoms with E-state index in [2.05, 4.69) is 31.0 Å². The minimum Gasteiger partial charge on any atom is -0.311 e. The molecule has 4 bridgehead atoms. The fraction of sp³-hybridized carbons (Fsp3) is 1.00. The lowest BCUT2D eigenvalue weighted by Crippen LogP contribution is -2.68. The van der Waals surface area contributed by atoms with E-state index in [9.17, 15) is 0 Å². The van der Waals surface area contributed by atoms with Gasteiger partial charge in [-0.3, -0.25) is 4.90 Å². The van der Waals surface area contributed by atoms with Gasteiger partial charge in [0.15, 0.2) is 0 Å². The zero-order valence-electron chi connectivity index (χ0n) is 12.9. The van der Waals surface area contributed by atoms with E-state index in [4.69, 9.17) is 0 Å². The third-order valence-electron chi connectivity index (χ3n) is 6.67. The van der Waals surface area contributed by atoms with Gasteiger partial charge in [-0.25, -0.2) is 0 Å². The molecule has 0 aromatic carbocycles. The van der Waals surface area contributed by atoms with Crippen molar-refractivity contribution in [2.75, 3.05) is 13.1 Å². The van der Waals surface area contributed by atoms with E-state index in [0.29, 0.717) is 11.6 Å². The van der Waals surface area contributed by atoms with Gasteiger partial charge in [-0.2, -0.15) is 0 Å². The Morgan fingerprint density at radius 1 is 0.947 bits per heavy atom. The Hall–Kier alpha value is -0.0800. The van der Waals surface area contributed by atoms with E-state index in [0.717, 1.165) is 36.3 Å². The molecule has 0 aromatic rings. The highest BCUT2D eigenvalue weighted by molar-refractivity contribution is 5.06. The van der Waals surface area contributed by atoms with Gasteiger partial charge in [-0.1, -0.05) is 0 Å². The quantitative estimate of drug-likeness (QED) is 0.782. The molecule has 1 aliphatic heterocycles. The van der Waals surface area contributed by atoms with Gasteiger partial charge in [0.2, 0.25) is 0 Å². The summed E-state index contributed by atoms with van der Waals surface area (Å²) in [5.41, 5.74) is 0.354. The average Bonchev–Trinajstić information content (AvgIpc) is 2.32. The van der Waals surface area contributed by atoms with Crippen molar-refractivity contribution in [1.29, 1.82) is 0 Å². The Bertz CT molecular complexity index is 334. The zero-order chi connectivity index (χ0) is 13.2. The maximum Gasteiger partial charge on any atom is 0.0281 e. The lowest BCUT2D eigenvalue weighted by Gasteiger charge is -2.61. The number of nitrogens with one attached hydrogen (secondary N) is 1. The second-order valence-electron chi connectivity index (χ2n) is 8.67. The molecule has 1 saturated heterocycles. The first kappa shape index (κ1) is 12.6. The summed E-state index contributed by atoms with van der Waals surface area (Å²) in [6, 6.07) is 1.58. The van der Waals surface area contributed by atoms with E-state index >= 15 is 0 Å². The molecular formula is C17H30N2. The minimum absolute atomic E-state index is 0.354. The normalized spacial score (nSPS) is 52.6. The van der Waals surface area contributed by atoms with Crippen LogP contribution in [0.5, 0.6) is 0 Å². The zero-order valence-corrected chi connectivity index (χ0v) is 12.9. The van der Waals surface area contributed by atoms with Gasteiger partial charge in [0, 0.05) is 30.7 Å². The summed E-state index contributed by atoms with van der Waals surface area (Å²) in [5.74, 6) is 4.26. The van der Waals surface area contributed by atoms with E-state index in [-0.39, 0.29) is 0 Å². The molecule has 5 rings (SSSR count). The molecule has 1 unspecified atom stereocenters. The predicted molar refractivity (Wildman–Crippen MR) is 79.1 cm³/mol. The van der Waals surface area contributed by atoms with Crippen LogP contribution in [0.3, 0.4) is 0 Å². The summed E-state index contributed by atoms with van der Waals surface area (Å²) < 4.78 is 0. The summed E-state index contributed by atoms with van der Waals surface area (Å²) in [5, 5.41) is 3.68. The van der Waals surface area contributed by atoms with E-state index in [1.165, 1.54) is 6.54 Å². The maximum atomic E-state index is 3.68. The second kappa shape index (κ2) is 4.21. The van der Waals surface area contributed by atoms with Gasteiger partial charge in [0.25, 0.3) is 0 Å². The van der Waals surface area contributed by atoms with Crippen molar-refractivity contribution in [2.24, 2.45) is 23.7 Å². The molecule has 5 fully saturated rings. The van der Waals surface area contributed by atoms with Gasteiger partial charge in [-0.15, -0.1) is 0 Å². The number of piperazine rings is 1. The molecule has 108 valence electrons. The molecular weight excluding hydrogens is 232 g/mol. The Morgan fingerprint density at radius 2 is 1.53 bits per heavy atom. The van der Waals surface area contributed by atoms with E-state index < -0.39 is 0 Å². The monoisotopic (exact) mass is 262 g/mol. The number of hydrogen-bond donors (Lipinski definition) is 1. The minimum atomic E-state index is 0.354. The van der Waals surface area contributed by atoms with Crippen molar-refractivity contribution in [2.45, 2.75) is 70.5 Å². The van der Waals surface area contributed by atoms with Gasteiger partial charge in [0.05, 0.1) is 0 Å². The van der Waals surface area contributed by atoms with Crippen LogP contribution in [0.2, 0.25) is 0 Å². The van der Waals surface area contributed by atoms with Crippen molar-refractivity contribution in [3.63, 3.8) is 0 Å². The van der Waals surface area contributed by atoms with Crippen molar-refractivity contribution < 1.29 is 0 Å². The van der Waals surface area contributed by atoms with Crippen LogP contribution in [0.4, 0.5) is 0 Å². The van der Waals surface area contributed by atoms with Crippen LogP contribution in [-0.2, 0) is 0 Å². The van der Waals surface area contributed by atoms with Crippen LogP contribution >= 0.6 is 0 Å². The topological polar surface area (TPSA) is 15.3 Å². The van der Waals surface area contributed by atoms with Gasteiger partial charge in [-0.05, 0) is 76.5 Å². The van der Waals surface area contributed by atoms with Gasteiger partial charge in [0.1, 0.15) is 0 Å². The molecule has 2 heteroatoms. The van der Waals surface area contributed by atoms with E-state index in [1.54, 1.807) is 32.1 Å². The third-order valence-corrected chi connectivity index (χ3v) is 6.67. The Kier molecular flexibility index (Phi) is 2.80. The number of rotatable bonds is 1. The average molecular weight is 262 g/mol. The Morgan fingerprint density at radius 3 is 2.11 bits per heavy atom. The molecule has 5 aliphatic rings. The maximum absolute atomic E-state index is 3.68.